The molecule has 1 aliphatic heterocycles. The van der Waals surface area contributed by atoms with E-state index in [1.165, 1.54) is 0 Å². The number of amides is 1. The van der Waals surface area contributed by atoms with E-state index in [-0.39, 0.29) is 0 Å². The van der Waals surface area contributed by atoms with E-state index in [1.807, 2.05) is 6.92 Å². The van der Waals surface area contributed by atoms with Gasteiger partial charge in [-0.2, -0.15) is 8.78 Å². The first-order valence-corrected chi connectivity index (χ1v) is 6.35. The van der Waals surface area contributed by atoms with Gasteiger partial charge in [-0.1, -0.05) is 48.0 Å². The van der Waals surface area contributed by atoms with Crippen molar-refractivity contribution < 1.29 is 13.6 Å². The molecule has 2 nitrogen and oxygen atoms in total. The maximum Gasteiger partial charge on any atom is 0.349 e. The zero-order chi connectivity index (χ0) is 14.3. The Kier molecular flexibility index (Phi) is 2.82. The third-order valence-corrected chi connectivity index (χ3v) is 3.53. The number of carbonyl (C=O) groups is 1. The number of aryl methyl sites for hydroxylation is 1. The average Bonchev–Trinajstić information content (AvgIpc) is 2.46. The molecule has 0 bridgehead atoms. The maximum absolute atomic E-state index is 13.9. The lowest BCUT2D eigenvalue weighted by Crippen LogP contribution is -2.64. The van der Waals surface area contributed by atoms with E-state index < -0.39 is 17.9 Å². The van der Waals surface area contributed by atoms with Crippen LogP contribution in [0, 0.1) is 6.92 Å². The van der Waals surface area contributed by atoms with Gasteiger partial charge in [0.25, 0.3) is 0 Å². The molecule has 0 radical (unpaired) electrons. The van der Waals surface area contributed by atoms with Gasteiger partial charge in [-0.3, -0.25) is 9.69 Å². The predicted molar refractivity (Wildman–Crippen MR) is 72.8 cm³/mol. The number of carbonyl (C=O) groups excluding carboxylic acids is 1. The molecule has 0 unspecified atom stereocenters. The molecule has 2 aromatic carbocycles. The summed E-state index contributed by atoms with van der Waals surface area (Å²) in [5.41, 5.74) is 1.96. The van der Waals surface area contributed by atoms with Crippen molar-refractivity contribution in [1.82, 2.24) is 0 Å². The highest BCUT2D eigenvalue weighted by atomic mass is 19.3. The lowest BCUT2D eigenvalue weighted by Gasteiger charge is -2.46. The molecule has 2 aromatic rings. The number of alkyl halides is 2. The molecule has 20 heavy (non-hydrogen) atoms. The minimum absolute atomic E-state index is 0.442. The molecule has 1 amide bonds. The molecule has 1 aliphatic rings. The fourth-order valence-electron chi connectivity index (χ4n) is 2.46. The Hall–Kier alpha value is -2.23. The van der Waals surface area contributed by atoms with Crippen molar-refractivity contribution in [2.45, 2.75) is 18.9 Å². The van der Waals surface area contributed by atoms with Crippen molar-refractivity contribution >= 4 is 11.6 Å². The number of halogens is 2. The van der Waals surface area contributed by atoms with Crippen LogP contribution < -0.4 is 4.90 Å². The number of hydrogen-bond donors (Lipinski definition) is 0. The molecule has 0 spiro atoms. The van der Waals surface area contributed by atoms with Crippen molar-refractivity contribution in [2.75, 3.05) is 4.90 Å². The van der Waals surface area contributed by atoms with Crippen molar-refractivity contribution in [2.24, 2.45) is 0 Å². The molecule has 1 saturated heterocycles. The van der Waals surface area contributed by atoms with E-state index >= 15 is 0 Å². The lowest BCUT2D eigenvalue weighted by molar-refractivity contribution is -0.162. The molecule has 1 atom stereocenters. The first kappa shape index (κ1) is 12.8. The SMILES string of the molecule is Cc1ccc(N2C(=O)C(F)(F)[C@@H]2c2ccccc2)cc1. The number of β-lactam (4-membered cyclic amide) rings is 1. The summed E-state index contributed by atoms with van der Waals surface area (Å²) in [4.78, 5) is 12.9. The fraction of sp³-hybridized carbons (Fsp3) is 0.188. The molecule has 0 aliphatic carbocycles. The fourth-order valence-corrected chi connectivity index (χ4v) is 2.46. The quantitative estimate of drug-likeness (QED) is 0.764. The highest BCUT2D eigenvalue weighted by Gasteiger charge is 2.64. The van der Waals surface area contributed by atoms with E-state index in [0.717, 1.165) is 10.5 Å². The summed E-state index contributed by atoms with van der Waals surface area (Å²) in [6.45, 7) is 1.91. The van der Waals surface area contributed by atoms with Crippen LogP contribution in [0.3, 0.4) is 0 Å². The Morgan fingerprint density at radius 1 is 1.00 bits per heavy atom. The third-order valence-electron chi connectivity index (χ3n) is 3.53. The van der Waals surface area contributed by atoms with E-state index in [2.05, 4.69) is 0 Å². The first-order valence-electron chi connectivity index (χ1n) is 6.35. The number of anilines is 1. The third kappa shape index (κ3) is 1.80. The zero-order valence-corrected chi connectivity index (χ0v) is 10.9. The number of nitrogens with zero attached hydrogens (tertiary/aromatic N) is 1. The van der Waals surface area contributed by atoms with Gasteiger partial charge in [0.15, 0.2) is 0 Å². The normalized spacial score (nSPS) is 20.6. The molecule has 4 heteroatoms. The van der Waals surface area contributed by atoms with E-state index in [1.54, 1.807) is 54.6 Å². The Morgan fingerprint density at radius 2 is 1.60 bits per heavy atom. The molecular weight excluding hydrogens is 260 g/mol. The summed E-state index contributed by atoms with van der Waals surface area (Å²) in [5, 5.41) is 0. The van der Waals surface area contributed by atoms with Gasteiger partial charge in [0, 0.05) is 5.69 Å². The second kappa shape index (κ2) is 4.40. The van der Waals surface area contributed by atoms with Crippen LogP contribution in [-0.4, -0.2) is 11.8 Å². The number of rotatable bonds is 2. The lowest BCUT2D eigenvalue weighted by atomic mass is 9.89. The molecule has 0 N–H and O–H groups in total. The molecular formula is C16H13F2NO. The van der Waals surface area contributed by atoms with Crippen LogP contribution in [0.4, 0.5) is 14.5 Å². The predicted octanol–water partition coefficient (Wildman–Crippen LogP) is 3.72. The number of benzene rings is 2. The monoisotopic (exact) mass is 273 g/mol. The van der Waals surface area contributed by atoms with Crippen LogP contribution in [0.2, 0.25) is 0 Å². The Bertz CT molecular complexity index is 637. The molecule has 1 fully saturated rings. The van der Waals surface area contributed by atoms with Crippen LogP contribution in [-0.2, 0) is 4.79 Å². The smallest absolute Gasteiger partial charge is 0.293 e. The van der Waals surface area contributed by atoms with Gasteiger partial charge in [0.2, 0.25) is 0 Å². The van der Waals surface area contributed by atoms with E-state index in [0.29, 0.717) is 11.3 Å². The topological polar surface area (TPSA) is 20.3 Å². The summed E-state index contributed by atoms with van der Waals surface area (Å²) in [7, 11) is 0. The van der Waals surface area contributed by atoms with Crippen LogP contribution in [0.1, 0.15) is 17.2 Å². The largest absolute Gasteiger partial charge is 0.349 e. The molecule has 0 aromatic heterocycles. The summed E-state index contributed by atoms with van der Waals surface area (Å²) in [5.74, 6) is -4.48. The molecule has 3 rings (SSSR count). The Labute approximate surface area is 115 Å². The summed E-state index contributed by atoms with van der Waals surface area (Å²) < 4.78 is 27.8. The summed E-state index contributed by atoms with van der Waals surface area (Å²) in [6.07, 6.45) is 0. The first-order chi connectivity index (χ1) is 9.51. The standard InChI is InChI=1S/C16H13F2NO/c1-11-7-9-13(10-8-11)19-14(16(17,18)15(19)20)12-5-3-2-4-6-12/h2-10,14H,1H3/t14-/m0/s1. The minimum Gasteiger partial charge on any atom is -0.293 e. The average molecular weight is 273 g/mol. The Balaban J connectivity index is 2.02. The highest BCUT2D eigenvalue weighted by molar-refractivity contribution is 6.07. The van der Waals surface area contributed by atoms with Crippen molar-refractivity contribution in [3.63, 3.8) is 0 Å². The van der Waals surface area contributed by atoms with Gasteiger partial charge >= 0.3 is 11.8 Å². The highest BCUT2D eigenvalue weighted by Crippen LogP contribution is 2.49. The van der Waals surface area contributed by atoms with Crippen LogP contribution in [0.5, 0.6) is 0 Å². The molecule has 102 valence electrons. The van der Waals surface area contributed by atoms with Crippen LogP contribution in [0.15, 0.2) is 54.6 Å². The molecule has 0 saturated carbocycles. The second-order valence-electron chi connectivity index (χ2n) is 4.95. The number of hydrogen-bond acceptors (Lipinski definition) is 1. The van der Waals surface area contributed by atoms with E-state index in [4.69, 9.17) is 0 Å². The summed E-state index contributed by atoms with van der Waals surface area (Å²) >= 11 is 0. The van der Waals surface area contributed by atoms with Crippen LogP contribution in [0.25, 0.3) is 0 Å². The van der Waals surface area contributed by atoms with Gasteiger partial charge in [-0.25, -0.2) is 0 Å². The summed E-state index contributed by atoms with van der Waals surface area (Å²) in [6, 6.07) is 14.2. The van der Waals surface area contributed by atoms with Gasteiger partial charge in [-0.15, -0.1) is 0 Å². The Morgan fingerprint density at radius 3 is 2.20 bits per heavy atom. The zero-order valence-electron chi connectivity index (χ0n) is 10.9. The maximum atomic E-state index is 13.9. The van der Waals surface area contributed by atoms with Crippen LogP contribution >= 0.6 is 0 Å². The van der Waals surface area contributed by atoms with Gasteiger partial charge in [0.1, 0.15) is 6.04 Å². The van der Waals surface area contributed by atoms with Crippen molar-refractivity contribution in [1.29, 1.82) is 0 Å². The minimum atomic E-state index is -3.34. The van der Waals surface area contributed by atoms with Crippen molar-refractivity contribution in [3.8, 4) is 0 Å². The van der Waals surface area contributed by atoms with E-state index in [9.17, 15) is 13.6 Å². The van der Waals surface area contributed by atoms with Gasteiger partial charge in [-0.05, 0) is 24.6 Å². The molecule has 1 heterocycles. The van der Waals surface area contributed by atoms with Crippen molar-refractivity contribution in [3.05, 3.63) is 65.7 Å². The van der Waals surface area contributed by atoms with Gasteiger partial charge in [0.05, 0.1) is 0 Å². The second-order valence-corrected chi connectivity index (χ2v) is 4.95. The van der Waals surface area contributed by atoms with Gasteiger partial charge < -0.3 is 0 Å².